The molecule has 1 aromatic heterocycles. The van der Waals surface area contributed by atoms with Crippen LogP contribution in [0, 0.1) is 0 Å². The summed E-state index contributed by atoms with van der Waals surface area (Å²) in [6.07, 6.45) is 0. The van der Waals surface area contributed by atoms with Gasteiger partial charge in [0.2, 0.25) is 5.95 Å². The fourth-order valence-electron chi connectivity index (χ4n) is 2.14. The van der Waals surface area contributed by atoms with Crippen molar-refractivity contribution < 1.29 is 0 Å². The molecule has 0 radical (unpaired) electrons. The topological polar surface area (TPSA) is 61.0 Å². The van der Waals surface area contributed by atoms with E-state index in [1.807, 2.05) is 61.5 Å². The first-order valence-electron chi connectivity index (χ1n) is 6.67. The third-order valence-corrected chi connectivity index (χ3v) is 3.24. The second-order valence-electron chi connectivity index (χ2n) is 5.00. The van der Waals surface area contributed by atoms with Crippen molar-refractivity contribution in [1.29, 1.82) is 0 Å². The van der Waals surface area contributed by atoms with Crippen molar-refractivity contribution in [3.05, 3.63) is 58.9 Å². The number of rotatable bonds is 3. The molecule has 2 N–H and O–H groups in total. The van der Waals surface area contributed by atoms with E-state index in [1.165, 1.54) is 0 Å². The van der Waals surface area contributed by atoms with Gasteiger partial charge in [0, 0.05) is 25.5 Å². The molecule has 2 aromatic carbocycles. The van der Waals surface area contributed by atoms with E-state index < -0.39 is 0 Å². The van der Waals surface area contributed by atoms with Gasteiger partial charge in [-0.1, -0.05) is 18.2 Å². The standard InChI is InChI=1S/C16H16N4O/c1-20(2)12-7-5-6-11(10-12)17-16-18-14-9-4-3-8-13(14)15(21)19-16/h3-10H,1-2H3,(H2,17,18,19,21). The molecule has 5 nitrogen and oxygen atoms in total. The summed E-state index contributed by atoms with van der Waals surface area (Å²) in [6, 6.07) is 15.2. The molecular formula is C16H16N4O. The Morgan fingerprint density at radius 2 is 1.90 bits per heavy atom. The van der Waals surface area contributed by atoms with Gasteiger partial charge in [-0.2, -0.15) is 0 Å². The van der Waals surface area contributed by atoms with Crippen LogP contribution in [0.2, 0.25) is 0 Å². The van der Waals surface area contributed by atoms with E-state index >= 15 is 0 Å². The maximum Gasteiger partial charge on any atom is 0.260 e. The van der Waals surface area contributed by atoms with Gasteiger partial charge in [0.1, 0.15) is 0 Å². The van der Waals surface area contributed by atoms with Crippen LogP contribution in [0.1, 0.15) is 0 Å². The number of H-pyrrole nitrogens is 1. The summed E-state index contributed by atoms with van der Waals surface area (Å²) in [4.78, 5) is 21.2. The first-order valence-corrected chi connectivity index (χ1v) is 6.67. The zero-order valence-electron chi connectivity index (χ0n) is 11.9. The van der Waals surface area contributed by atoms with Crippen molar-refractivity contribution in [2.75, 3.05) is 24.3 Å². The van der Waals surface area contributed by atoms with Gasteiger partial charge < -0.3 is 10.2 Å². The average Bonchev–Trinajstić information content (AvgIpc) is 2.47. The summed E-state index contributed by atoms with van der Waals surface area (Å²) in [5.74, 6) is 0.439. The number of benzene rings is 2. The van der Waals surface area contributed by atoms with Crippen molar-refractivity contribution in [2.24, 2.45) is 0 Å². The minimum Gasteiger partial charge on any atom is -0.378 e. The maximum atomic E-state index is 12.0. The van der Waals surface area contributed by atoms with Gasteiger partial charge in [-0.05, 0) is 30.3 Å². The molecule has 0 saturated carbocycles. The van der Waals surface area contributed by atoms with Crippen molar-refractivity contribution in [2.45, 2.75) is 0 Å². The Labute approximate surface area is 122 Å². The second-order valence-corrected chi connectivity index (χ2v) is 5.00. The van der Waals surface area contributed by atoms with E-state index in [9.17, 15) is 4.79 Å². The van der Waals surface area contributed by atoms with Gasteiger partial charge in [-0.25, -0.2) is 4.98 Å². The van der Waals surface area contributed by atoms with Crippen LogP contribution < -0.4 is 15.8 Å². The quantitative estimate of drug-likeness (QED) is 0.774. The van der Waals surface area contributed by atoms with Crippen LogP contribution in [0.15, 0.2) is 53.3 Å². The molecule has 106 valence electrons. The molecule has 3 rings (SSSR count). The molecule has 3 aromatic rings. The number of fused-ring (bicyclic) bond motifs is 1. The minimum atomic E-state index is -0.146. The Morgan fingerprint density at radius 3 is 2.71 bits per heavy atom. The summed E-state index contributed by atoms with van der Waals surface area (Å²) in [7, 11) is 3.96. The molecular weight excluding hydrogens is 264 g/mol. The number of anilines is 3. The monoisotopic (exact) mass is 280 g/mol. The lowest BCUT2D eigenvalue weighted by atomic mass is 10.2. The van der Waals surface area contributed by atoms with Crippen LogP contribution in [0.4, 0.5) is 17.3 Å². The molecule has 0 saturated heterocycles. The Bertz CT molecular complexity index is 839. The molecule has 5 heteroatoms. The van der Waals surface area contributed by atoms with Gasteiger partial charge in [0.05, 0.1) is 10.9 Å². The molecule has 0 fully saturated rings. The van der Waals surface area contributed by atoms with Crippen LogP contribution in [-0.2, 0) is 0 Å². The third kappa shape index (κ3) is 2.72. The fraction of sp³-hybridized carbons (Fsp3) is 0.125. The number of hydrogen-bond donors (Lipinski definition) is 2. The first-order chi connectivity index (χ1) is 10.1. The number of aromatic amines is 1. The maximum absolute atomic E-state index is 12.0. The molecule has 0 atom stereocenters. The molecule has 0 aliphatic carbocycles. The molecule has 0 aliphatic heterocycles. The van der Waals surface area contributed by atoms with Crippen molar-refractivity contribution >= 4 is 28.2 Å². The van der Waals surface area contributed by atoms with Crippen LogP contribution >= 0.6 is 0 Å². The van der Waals surface area contributed by atoms with Gasteiger partial charge in [0.25, 0.3) is 5.56 Å². The summed E-state index contributed by atoms with van der Waals surface area (Å²) < 4.78 is 0. The summed E-state index contributed by atoms with van der Waals surface area (Å²) in [5, 5.41) is 3.73. The molecule has 0 bridgehead atoms. The molecule has 1 heterocycles. The highest BCUT2D eigenvalue weighted by Gasteiger charge is 2.04. The van der Waals surface area contributed by atoms with E-state index in [2.05, 4.69) is 15.3 Å². The number of para-hydroxylation sites is 1. The van der Waals surface area contributed by atoms with Gasteiger partial charge in [0.15, 0.2) is 0 Å². The first kappa shape index (κ1) is 13.2. The highest BCUT2D eigenvalue weighted by atomic mass is 16.1. The number of nitrogens with zero attached hydrogens (tertiary/aromatic N) is 2. The van der Waals surface area contributed by atoms with E-state index in [0.29, 0.717) is 16.9 Å². The van der Waals surface area contributed by atoms with Crippen LogP contribution in [0.3, 0.4) is 0 Å². The van der Waals surface area contributed by atoms with Gasteiger partial charge in [-0.15, -0.1) is 0 Å². The predicted molar refractivity (Wildman–Crippen MR) is 86.4 cm³/mol. The Balaban J connectivity index is 1.98. The molecule has 0 amide bonds. The van der Waals surface area contributed by atoms with E-state index in [-0.39, 0.29) is 5.56 Å². The van der Waals surface area contributed by atoms with Crippen molar-refractivity contribution in [3.8, 4) is 0 Å². The lowest BCUT2D eigenvalue weighted by molar-refractivity contribution is 1.13. The highest BCUT2D eigenvalue weighted by molar-refractivity contribution is 5.78. The zero-order chi connectivity index (χ0) is 14.8. The number of aromatic nitrogens is 2. The SMILES string of the molecule is CN(C)c1cccc(Nc2nc3ccccc3c(=O)[nH]2)c1. The normalized spacial score (nSPS) is 10.6. The molecule has 0 spiro atoms. The van der Waals surface area contributed by atoms with Crippen molar-refractivity contribution in [1.82, 2.24) is 9.97 Å². The average molecular weight is 280 g/mol. The highest BCUT2D eigenvalue weighted by Crippen LogP contribution is 2.20. The predicted octanol–water partition coefficient (Wildman–Crippen LogP) is 2.73. The van der Waals surface area contributed by atoms with Gasteiger partial charge >= 0.3 is 0 Å². The summed E-state index contributed by atoms with van der Waals surface area (Å²) in [6.45, 7) is 0. The van der Waals surface area contributed by atoms with Gasteiger partial charge in [-0.3, -0.25) is 9.78 Å². The van der Waals surface area contributed by atoms with Crippen LogP contribution in [0.25, 0.3) is 10.9 Å². The largest absolute Gasteiger partial charge is 0.378 e. The summed E-state index contributed by atoms with van der Waals surface area (Å²) in [5.41, 5.74) is 2.47. The fourth-order valence-corrected chi connectivity index (χ4v) is 2.14. The minimum absolute atomic E-state index is 0.146. The van der Waals surface area contributed by atoms with Crippen molar-refractivity contribution in [3.63, 3.8) is 0 Å². The van der Waals surface area contributed by atoms with E-state index in [1.54, 1.807) is 6.07 Å². The lowest BCUT2D eigenvalue weighted by Crippen LogP contribution is -2.12. The zero-order valence-corrected chi connectivity index (χ0v) is 11.9. The molecule has 0 unspecified atom stereocenters. The smallest absolute Gasteiger partial charge is 0.260 e. The second kappa shape index (κ2) is 5.28. The lowest BCUT2D eigenvalue weighted by Gasteiger charge is -2.14. The van der Waals surface area contributed by atoms with Crippen LogP contribution in [0.5, 0.6) is 0 Å². The Morgan fingerprint density at radius 1 is 1.10 bits per heavy atom. The van der Waals surface area contributed by atoms with E-state index in [4.69, 9.17) is 0 Å². The molecule has 21 heavy (non-hydrogen) atoms. The Kier molecular flexibility index (Phi) is 3.31. The third-order valence-electron chi connectivity index (χ3n) is 3.24. The number of nitrogens with one attached hydrogen (secondary N) is 2. The van der Waals surface area contributed by atoms with Crippen LogP contribution in [-0.4, -0.2) is 24.1 Å². The number of hydrogen-bond acceptors (Lipinski definition) is 4. The molecule has 0 aliphatic rings. The summed E-state index contributed by atoms with van der Waals surface area (Å²) >= 11 is 0. The van der Waals surface area contributed by atoms with E-state index in [0.717, 1.165) is 11.4 Å². The Hall–Kier alpha value is -2.82.